The van der Waals surface area contributed by atoms with Gasteiger partial charge in [0.05, 0.1) is 0 Å². The van der Waals surface area contributed by atoms with Crippen LogP contribution in [0.2, 0.25) is 0 Å². The summed E-state index contributed by atoms with van der Waals surface area (Å²) in [5.41, 5.74) is 1.94. The number of hydrogen-bond acceptors (Lipinski definition) is 4. The Kier molecular flexibility index (Phi) is 2.89. The quantitative estimate of drug-likeness (QED) is 0.786. The van der Waals surface area contributed by atoms with Gasteiger partial charge in [-0.15, -0.1) is 0 Å². The molecule has 2 heterocycles. The highest BCUT2D eigenvalue weighted by Gasteiger charge is 2.12. The molecule has 0 saturated carbocycles. The topological polar surface area (TPSA) is 78.5 Å². The van der Waals surface area contributed by atoms with Crippen molar-refractivity contribution in [2.24, 2.45) is 0 Å². The fraction of sp³-hybridized carbons (Fsp3) is 0. The van der Waals surface area contributed by atoms with Crippen LogP contribution in [0.3, 0.4) is 0 Å². The average Bonchev–Trinajstić information content (AvgIpc) is 3.07. The summed E-state index contributed by atoms with van der Waals surface area (Å²) in [4.78, 5) is 7.19. The number of aromatic amines is 1. The second-order valence-corrected chi connectivity index (χ2v) is 4.75. The molecular formula is C13H7BrN4O. The van der Waals surface area contributed by atoms with Gasteiger partial charge >= 0.3 is 0 Å². The molecule has 0 aliphatic carbocycles. The van der Waals surface area contributed by atoms with Crippen LogP contribution in [0.15, 0.2) is 45.4 Å². The Bertz CT molecular complexity index is 769. The van der Waals surface area contributed by atoms with Crippen LogP contribution in [-0.2, 0) is 0 Å². The van der Waals surface area contributed by atoms with Crippen molar-refractivity contribution in [1.29, 1.82) is 5.26 Å². The molecule has 92 valence electrons. The number of benzene rings is 1. The number of nitriles is 1. The standard InChI is InChI=1S/C13H7BrN4O/c14-9-3-1-2-8(6-9)12-17-13(19-18-12)11-5-4-10(7-15)16-11/h1-6,16H. The van der Waals surface area contributed by atoms with E-state index in [1.54, 1.807) is 12.1 Å². The van der Waals surface area contributed by atoms with E-state index in [4.69, 9.17) is 9.78 Å². The fourth-order valence-electron chi connectivity index (χ4n) is 1.66. The van der Waals surface area contributed by atoms with E-state index in [0.717, 1.165) is 10.0 Å². The summed E-state index contributed by atoms with van der Waals surface area (Å²) in [6.45, 7) is 0. The van der Waals surface area contributed by atoms with Crippen molar-refractivity contribution in [2.45, 2.75) is 0 Å². The molecule has 6 heteroatoms. The molecule has 0 bridgehead atoms. The first-order valence-corrected chi connectivity index (χ1v) is 6.25. The Labute approximate surface area is 117 Å². The molecule has 0 fully saturated rings. The van der Waals surface area contributed by atoms with E-state index in [2.05, 4.69) is 31.1 Å². The van der Waals surface area contributed by atoms with Gasteiger partial charge in [0.15, 0.2) is 0 Å². The van der Waals surface area contributed by atoms with Gasteiger partial charge in [-0.05, 0) is 24.3 Å². The van der Waals surface area contributed by atoms with E-state index < -0.39 is 0 Å². The molecule has 0 spiro atoms. The molecular weight excluding hydrogens is 308 g/mol. The van der Waals surface area contributed by atoms with Crippen molar-refractivity contribution in [3.05, 3.63) is 46.6 Å². The first-order chi connectivity index (χ1) is 9.26. The van der Waals surface area contributed by atoms with Gasteiger partial charge < -0.3 is 9.51 Å². The molecule has 0 aliphatic rings. The molecule has 0 amide bonds. The molecule has 0 atom stereocenters. The molecule has 1 N–H and O–H groups in total. The van der Waals surface area contributed by atoms with Crippen molar-refractivity contribution in [2.75, 3.05) is 0 Å². The van der Waals surface area contributed by atoms with Crippen molar-refractivity contribution >= 4 is 15.9 Å². The van der Waals surface area contributed by atoms with Crippen molar-refractivity contribution in [3.63, 3.8) is 0 Å². The second kappa shape index (κ2) is 4.71. The van der Waals surface area contributed by atoms with Crippen molar-refractivity contribution < 1.29 is 4.52 Å². The minimum Gasteiger partial charge on any atom is -0.342 e. The largest absolute Gasteiger partial charge is 0.342 e. The summed E-state index contributed by atoms with van der Waals surface area (Å²) in [5.74, 6) is 0.862. The molecule has 1 aromatic carbocycles. The number of halogens is 1. The maximum Gasteiger partial charge on any atom is 0.274 e. The Balaban J connectivity index is 1.97. The molecule has 0 aliphatic heterocycles. The summed E-state index contributed by atoms with van der Waals surface area (Å²) in [6, 6.07) is 13.0. The van der Waals surface area contributed by atoms with Crippen LogP contribution in [0.4, 0.5) is 0 Å². The van der Waals surface area contributed by atoms with E-state index >= 15 is 0 Å². The normalized spacial score (nSPS) is 10.3. The number of rotatable bonds is 2. The van der Waals surface area contributed by atoms with Crippen LogP contribution in [0.25, 0.3) is 23.0 Å². The number of H-pyrrole nitrogens is 1. The first kappa shape index (κ1) is 11.7. The van der Waals surface area contributed by atoms with Crippen LogP contribution in [0, 0.1) is 11.3 Å². The van der Waals surface area contributed by atoms with Crippen LogP contribution >= 0.6 is 15.9 Å². The van der Waals surface area contributed by atoms with Crippen LogP contribution < -0.4 is 0 Å². The van der Waals surface area contributed by atoms with Crippen LogP contribution in [-0.4, -0.2) is 15.1 Å². The number of nitrogens with zero attached hydrogens (tertiary/aromatic N) is 3. The van der Waals surface area contributed by atoms with Gasteiger partial charge in [0.25, 0.3) is 5.89 Å². The highest BCUT2D eigenvalue weighted by molar-refractivity contribution is 9.10. The summed E-state index contributed by atoms with van der Waals surface area (Å²) in [6.07, 6.45) is 0. The maximum absolute atomic E-state index is 8.76. The molecule has 3 aromatic rings. The summed E-state index contributed by atoms with van der Waals surface area (Å²) in [5, 5.41) is 12.7. The molecule has 19 heavy (non-hydrogen) atoms. The summed E-state index contributed by atoms with van der Waals surface area (Å²) in [7, 11) is 0. The van der Waals surface area contributed by atoms with Gasteiger partial charge in [-0.2, -0.15) is 10.2 Å². The van der Waals surface area contributed by atoms with E-state index in [1.807, 2.05) is 30.3 Å². The van der Waals surface area contributed by atoms with Gasteiger partial charge in [0.1, 0.15) is 17.5 Å². The summed E-state index contributed by atoms with van der Waals surface area (Å²) >= 11 is 3.40. The number of hydrogen-bond donors (Lipinski definition) is 1. The lowest BCUT2D eigenvalue weighted by molar-refractivity contribution is 0.431. The molecule has 0 saturated heterocycles. The van der Waals surface area contributed by atoms with Crippen molar-refractivity contribution in [1.82, 2.24) is 15.1 Å². The average molecular weight is 315 g/mol. The molecule has 2 aromatic heterocycles. The number of aromatic nitrogens is 3. The molecule has 5 nitrogen and oxygen atoms in total. The second-order valence-electron chi connectivity index (χ2n) is 3.83. The van der Waals surface area contributed by atoms with Crippen LogP contribution in [0.5, 0.6) is 0 Å². The van der Waals surface area contributed by atoms with E-state index in [9.17, 15) is 0 Å². The lowest BCUT2D eigenvalue weighted by Crippen LogP contribution is -1.81. The van der Waals surface area contributed by atoms with E-state index in [0.29, 0.717) is 23.1 Å². The zero-order chi connectivity index (χ0) is 13.2. The highest BCUT2D eigenvalue weighted by Crippen LogP contribution is 2.23. The zero-order valence-corrected chi connectivity index (χ0v) is 11.2. The predicted octanol–water partition coefficient (Wildman–Crippen LogP) is 3.37. The third-order valence-corrected chi connectivity index (χ3v) is 3.04. The maximum atomic E-state index is 8.76. The van der Waals surface area contributed by atoms with Gasteiger partial charge in [-0.25, -0.2) is 0 Å². The molecule has 0 radical (unpaired) electrons. The SMILES string of the molecule is N#Cc1ccc(-c2nc(-c3cccc(Br)c3)no2)[nH]1. The number of nitrogens with one attached hydrogen (secondary N) is 1. The highest BCUT2D eigenvalue weighted by atomic mass is 79.9. The predicted molar refractivity (Wildman–Crippen MR) is 71.9 cm³/mol. The van der Waals surface area contributed by atoms with Crippen molar-refractivity contribution in [3.8, 4) is 29.0 Å². The fourth-order valence-corrected chi connectivity index (χ4v) is 2.06. The Hall–Kier alpha value is -2.39. The zero-order valence-electron chi connectivity index (χ0n) is 9.59. The monoisotopic (exact) mass is 314 g/mol. The van der Waals surface area contributed by atoms with Gasteiger partial charge in [0, 0.05) is 10.0 Å². The Morgan fingerprint density at radius 1 is 1.26 bits per heavy atom. The lowest BCUT2D eigenvalue weighted by Gasteiger charge is -1.93. The Morgan fingerprint density at radius 3 is 2.89 bits per heavy atom. The molecule has 3 rings (SSSR count). The van der Waals surface area contributed by atoms with E-state index in [1.165, 1.54) is 0 Å². The summed E-state index contributed by atoms with van der Waals surface area (Å²) < 4.78 is 6.13. The third-order valence-electron chi connectivity index (χ3n) is 2.55. The molecule has 0 unspecified atom stereocenters. The lowest BCUT2D eigenvalue weighted by atomic mass is 10.2. The minimum absolute atomic E-state index is 0.358. The Morgan fingerprint density at radius 2 is 2.16 bits per heavy atom. The minimum atomic E-state index is 0.358. The smallest absolute Gasteiger partial charge is 0.274 e. The van der Waals surface area contributed by atoms with Crippen LogP contribution in [0.1, 0.15) is 5.69 Å². The first-order valence-electron chi connectivity index (χ1n) is 5.45. The van der Waals surface area contributed by atoms with Gasteiger partial charge in [-0.1, -0.05) is 33.2 Å². The van der Waals surface area contributed by atoms with Gasteiger partial charge in [0.2, 0.25) is 5.82 Å². The van der Waals surface area contributed by atoms with Gasteiger partial charge in [-0.3, -0.25) is 0 Å². The third kappa shape index (κ3) is 2.28. The van der Waals surface area contributed by atoms with E-state index in [-0.39, 0.29) is 0 Å².